The molecule has 0 spiro atoms. The largest absolute Gasteiger partial charge is 0.368 e. The first-order valence-corrected chi connectivity index (χ1v) is 7.78. The maximum atomic E-state index is 12.5. The van der Waals surface area contributed by atoms with Crippen LogP contribution in [0.4, 0.5) is 0 Å². The zero-order chi connectivity index (χ0) is 16.8. The van der Waals surface area contributed by atoms with Crippen LogP contribution in [0.5, 0.6) is 0 Å². The minimum atomic E-state index is -0.535. The van der Waals surface area contributed by atoms with Crippen LogP contribution in [0.3, 0.4) is 0 Å². The Labute approximate surface area is 139 Å². The summed E-state index contributed by atoms with van der Waals surface area (Å²) in [4.78, 5) is 25.1. The SMILES string of the molecule is CCCCN(CC(N)=O)C(=O)c1cc(-c2ccc(Cl)cc2)n[nH]1. The van der Waals surface area contributed by atoms with Crippen LogP contribution in [-0.2, 0) is 4.79 Å². The fourth-order valence-corrected chi connectivity index (χ4v) is 2.29. The number of nitrogens with zero attached hydrogens (tertiary/aromatic N) is 2. The molecule has 23 heavy (non-hydrogen) atoms. The van der Waals surface area contributed by atoms with E-state index in [2.05, 4.69) is 10.2 Å². The Morgan fingerprint density at radius 2 is 2.00 bits per heavy atom. The van der Waals surface area contributed by atoms with E-state index in [0.717, 1.165) is 18.4 Å². The molecule has 2 aromatic rings. The first-order valence-electron chi connectivity index (χ1n) is 7.40. The molecule has 0 bridgehead atoms. The van der Waals surface area contributed by atoms with Gasteiger partial charge in [-0.2, -0.15) is 5.10 Å². The summed E-state index contributed by atoms with van der Waals surface area (Å²) in [5.74, 6) is -0.822. The van der Waals surface area contributed by atoms with Crippen LogP contribution in [0.15, 0.2) is 30.3 Å². The molecule has 0 fully saturated rings. The maximum absolute atomic E-state index is 12.5. The summed E-state index contributed by atoms with van der Waals surface area (Å²) in [5.41, 5.74) is 7.03. The number of aromatic amines is 1. The Hall–Kier alpha value is -2.34. The van der Waals surface area contributed by atoms with Crippen LogP contribution in [0.25, 0.3) is 11.3 Å². The molecule has 2 rings (SSSR count). The van der Waals surface area contributed by atoms with E-state index in [1.807, 2.05) is 19.1 Å². The molecule has 0 radical (unpaired) electrons. The zero-order valence-electron chi connectivity index (χ0n) is 12.9. The summed E-state index contributed by atoms with van der Waals surface area (Å²) in [6.45, 7) is 2.39. The molecule has 0 aliphatic carbocycles. The van der Waals surface area contributed by atoms with Gasteiger partial charge < -0.3 is 10.6 Å². The van der Waals surface area contributed by atoms with Gasteiger partial charge in [0.15, 0.2) is 0 Å². The molecular formula is C16H19ClN4O2. The lowest BCUT2D eigenvalue weighted by atomic mass is 10.1. The smallest absolute Gasteiger partial charge is 0.272 e. The maximum Gasteiger partial charge on any atom is 0.272 e. The van der Waals surface area contributed by atoms with Crippen molar-refractivity contribution in [1.82, 2.24) is 15.1 Å². The second-order valence-electron chi connectivity index (χ2n) is 5.22. The Morgan fingerprint density at radius 1 is 1.30 bits per heavy atom. The number of carbonyl (C=O) groups excluding carboxylic acids is 2. The predicted molar refractivity (Wildman–Crippen MR) is 89.0 cm³/mol. The lowest BCUT2D eigenvalue weighted by molar-refractivity contribution is -0.118. The summed E-state index contributed by atoms with van der Waals surface area (Å²) >= 11 is 5.86. The number of hydrogen-bond donors (Lipinski definition) is 2. The van der Waals surface area contributed by atoms with E-state index >= 15 is 0 Å². The molecule has 1 heterocycles. The predicted octanol–water partition coefficient (Wildman–Crippen LogP) is 2.46. The van der Waals surface area contributed by atoms with Crippen LogP contribution >= 0.6 is 11.6 Å². The monoisotopic (exact) mass is 334 g/mol. The molecule has 2 amide bonds. The van der Waals surface area contributed by atoms with Crippen molar-refractivity contribution in [3.05, 3.63) is 41.0 Å². The summed E-state index contributed by atoms with van der Waals surface area (Å²) < 4.78 is 0. The molecule has 122 valence electrons. The van der Waals surface area contributed by atoms with Crippen molar-refractivity contribution in [2.45, 2.75) is 19.8 Å². The molecule has 0 saturated carbocycles. The van der Waals surface area contributed by atoms with Gasteiger partial charge in [-0.3, -0.25) is 14.7 Å². The molecule has 3 N–H and O–H groups in total. The minimum absolute atomic E-state index is 0.103. The van der Waals surface area contributed by atoms with Crippen LogP contribution in [0, 0.1) is 0 Å². The normalized spacial score (nSPS) is 10.5. The van der Waals surface area contributed by atoms with Crippen molar-refractivity contribution in [1.29, 1.82) is 0 Å². The number of nitrogens with one attached hydrogen (secondary N) is 1. The lowest BCUT2D eigenvalue weighted by Gasteiger charge is -2.19. The number of primary amides is 1. The number of rotatable bonds is 7. The summed E-state index contributed by atoms with van der Waals surface area (Å²) in [6, 6.07) is 8.82. The van der Waals surface area contributed by atoms with Crippen molar-refractivity contribution in [3.8, 4) is 11.3 Å². The number of halogens is 1. The average Bonchev–Trinajstić information content (AvgIpc) is 3.01. The van der Waals surface area contributed by atoms with Gasteiger partial charge >= 0.3 is 0 Å². The average molecular weight is 335 g/mol. The number of unbranched alkanes of at least 4 members (excludes halogenated alkanes) is 1. The van der Waals surface area contributed by atoms with Gasteiger partial charge in [-0.15, -0.1) is 0 Å². The van der Waals surface area contributed by atoms with E-state index in [-0.39, 0.29) is 12.5 Å². The van der Waals surface area contributed by atoms with Gasteiger partial charge in [0.2, 0.25) is 5.91 Å². The quantitative estimate of drug-likeness (QED) is 0.814. The number of amides is 2. The van der Waals surface area contributed by atoms with Gasteiger partial charge in [-0.1, -0.05) is 37.1 Å². The highest BCUT2D eigenvalue weighted by Crippen LogP contribution is 2.20. The third-order valence-electron chi connectivity index (χ3n) is 3.36. The minimum Gasteiger partial charge on any atom is -0.368 e. The van der Waals surface area contributed by atoms with Gasteiger partial charge in [0, 0.05) is 17.1 Å². The van der Waals surface area contributed by atoms with Gasteiger partial charge in [-0.05, 0) is 24.6 Å². The van der Waals surface area contributed by atoms with Crippen molar-refractivity contribution >= 4 is 23.4 Å². The van der Waals surface area contributed by atoms with Gasteiger partial charge in [0.25, 0.3) is 5.91 Å². The Balaban J connectivity index is 2.17. The second kappa shape index (κ2) is 7.78. The Bertz CT molecular complexity index is 682. The summed E-state index contributed by atoms with van der Waals surface area (Å²) in [5, 5.41) is 7.50. The van der Waals surface area contributed by atoms with Gasteiger partial charge in [0.1, 0.15) is 5.69 Å². The molecule has 1 aromatic heterocycles. The van der Waals surface area contributed by atoms with Crippen molar-refractivity contribution in [3.63, 3.8) is 0 Å². The third-order valence-corrected chi connectivity index (χ3v) is 3.62. The zero-order valence-corrected chi connectivity index (χ0v) is 13.6. The van der Waals surface area contributed by atoms with Crippen LogP contribution in [0.2, 0.25) is 5.02 Å². The Morgan fingerprint density at radius 3 is 2.61 bits per heavy atom. The molecule has 7 heteroatoms. The molecule has 0 unspecified atom stereocenters. The first-order chi connectivity index (χ1) is 11.0. The van der Waals surface area contributed by atoms with Crippen LogP contribution in [0.1, 0.15) is 30.3 Å². The number of hydrogen-bond acceptors (Lipinski definition) is 3. The van der Waals surface area contributed by atoms with E-state index in [1.165, 1.54) is 4.90 Å². The molecule has 0 aliphatic heterocycles. The number of carbonyl (C=O) groups is 2. The molecule has 1 aromatic carbocycles. The molecule has 6 nitrogen and oxygen atoms in total. The topological polar surface area (TPSA) is 92.1 Å². The van der Waals surface area contributed by atoms with Gasteiger partial charge in [-0.25, -0.2) is 0 Å². The number of benzene rings is 1. The highest BCUT2D eigenvalue weighted by molar-refractivity contribution is 6.30. The summed E-state index contributed by atoms with van der Waals surface area (Å²) in [6.07, 6.45) is 1.72. The highest BCUT2D eigenvalue weighted by Gasteiger charge is 2.19. The number of nitrogens with two attached hydrogens (primary N) is 1. The molecule has 0 saturated heterocycles. The van der Waals surface area contributed by atoms with E-state index in [1.54, 1.807) is 18.2 Å². The third kappa shape index (κ3) is 4.56. The number of H-pyrrole nitrogens is 1. The van der Waals surface area contributed by atoms with Gasteiger partial charge in [0.05, 0.1) is 12.2 Å². The lowest BCUT2D eigenvalue weighted by Crippen LogP contribution is -2.39. The van der Waals surface area contributed by atoms with E-state index in [9.17, 15) is 9.59 Å². The van der Waals surface area contributed by atoms with Crippen molar-refractivity contribution < 1.29 is 9.59 Å². The van der Waals surface area contributed by atoms with E-state index in [4.69, 9.17) is 17.3 Å². The van der Waals surface area contributed by atoms with E-state index < -0.39 is 5.91 Å². The fourth-order valence-electron chi connectivity index (χ4n) is 2.16. The second-order valence-corrected chi connectivity index (χ2v) is 5.66. The fraction of sp³-hybridized carbons (Fsp3) is 0.312. The molecule has 0 atom stereocenters. The molecular weight excluding hydrogens is 316 g/mol. The first kappa shape index (κ1) is 17.0. The standard InChI is InChI=1S/C16H19ClN4O2/c1-2-3-8-21(10-15(18)22)16(23)14-9-13(19-20-14)11-4-6-12(17)7-5-11/h4-7,9H,2-3,8,10H2,1H3,(H2,18,22)(H,19,20). The summed E-state index contributed by atoms with van der Waals surface area (Å²) in [7, 11) is 0. The van der Waals surface area contributed by atoms with Crippen molar-refractivity contribution in [2.75, 3.05) is 13.1 Å². The molecule has 0 aliphatic rings. The Kier molecular flexibility index (Phi) is 5.76. The van der Waals surface area contributed by atoms with Crippen LogP contribution < -0.4 is 5.73 Å². The highest BCUT2D eigenvalue weighted by atomic mass is 35.5. The number of aromatic nitrogens is 2. The van der Waals surface area contributed by atoms with Crippen molar-refractivity contribution in [2.24, 2.45) is 5.73 Å². The van der Waals surface area contributed by atoms with E-state index in [0.29, 0.717) is 23.0 Å². The van der Waals surface area contributed by atoms with Crippen LogP contribution in [-0.4, -0.2) is 40.0 Å².